The van der Waals surface area contributed by atoms with Gasteiger partial charge in [-0.25, -0.2) is 12.7 Å². The highest BCUT2D eigenvalue weighted by atomic mass is 32.2. The first kappa shape index (κ1) is 15.7. The van der Waals surface area contributed by atoms with E-state index in [2.05, 4.69) is 4.90 Å². The second-order valence-electron chi connectivity index (χ2n) is 6.86. The highest BCUT2D eigenvalue weighted by molar-refractivity contribution is 7.88. The molecule has 0 aromatic carbocycles. The van der Waals surface area contributed by atoms with E-state index in [0.717, 1.165) is 45.6 Å². The average Bonchev–Trinajstić information content (AvgIpc) is 2.87. The van der Waals surface area contributed by atoms with Crippen LogP contribution in [0.3, 0.4) is 0 Å². The smallest absolute Gasteiger partial charge is 0.211 e. The zero-order chi connectivity index (χ0) is 15.1. The van der Waals surface area contributed by atoms with Crippen molar-refractivity contribution in [3.8, 4) is 0 Å². The molecule has 0 unspecified atom stereocenters. The number of hydrogen-bond acceptors (Lipinski definition) is 5. The van der Waals surface area contributed by atoms with Gasteiger partial charge >= 0.3 is 0 Å². The minimum Gasteiger partial charge on any atom is -0.396 e. The molecule has 0 amide bonds. The molecular weight excluding hydrogens is 292 g/mol. The molecular formula is C14H26N2O4S. The van der Waals surface area contributed by atoms with Crippen molar-refractivity contribution < 1.29 is 18.3 Å². The molecule has 3 aliphatic rings. The van der Waals surface area contributed by atoms with Crippen LogP contribution >= 0.6 is 0 Å². The summed E-state index contributed by atoms with van der Waals surface area (Å²) in [5, 5.41) is 9.87. The molecule has 0 radical (unpaired) electrons. The van der Waals surface area contributed by atoms with Gasteiger partial charge in [-0.3, -0.25) is 4.90 Å². The lowest BCUT2D eigenvalue weighted by Crippen LogP contribution is -2.52. The maximum Gasteiger partial charge on any atom is 0.211 e. The fourth-order valence-corrected chi connectivity index (χ4v) is 5.09. The molecule has 3 saturated heterocycles. The van der Waals surface area contributed by atoms with Gasteiger partial charge in [-0.05, 0) is 31.7 Å². The van der Waals surface area contributed by atoms with Crippen LogP contribution in [0.4, 0.5) is 0 Å². The van der Waals surface area contributed by atoms with Crippen LogP contribution in [0.2, 0.25) is 0 Å². The van der Waals surface area contributed by atoms with Crippen molar-refractivity contribution in [3.63, 3.8) is 0 Å². The summed E-state index contributed by atoms with van der Waals surface area (Å²) in [4.78, 5) is 2.49. The highest BCUT2D eigenvalue weighted by Gasteiger charge is 2.51. The molecule has 0 bridgehead atoms. The number of hydrogen-bond donors (Lipinski definition) is 1. The number of aliphatic hydroxyl groups excluding tert-OH is 1. The minimum absolute atomic E-state index is 0.0886. The molecule has 3 fully saturated rings. The predicted molar refractivity (Wildman–Crippen MR) is 79.5 cm³/mol. The lowest BCUT2D eigenvalue weighted by atomic mass is 9.73. The van der Waals surface area contributed by atoms with Crippen LogP contribution in [0.25, 0.3) is 0 Å². The predicted octanol–water partition coefficient (Wildman–Crippen LogP) is -0.259. The molecule has 6 nitrogen and oxygen atoms in total. The Hall–Kier alpha value is -0.210. The van der Waals surface area contributed by atoms with Gasteiger partial charge < -0.3 is 9.84 Å². The van der Waals surface area contributed by atoms with Gasteiger partial charge in [0.05, 0.1) is 12.9 Å². The summed E-state index contributed by atoms with van der Waals surface area (Å²) in [5.41, 5.74) is -0.231. The van der Waals surface area contributed by atoms with E-state index in [9.17, 15) is 13.5 Å². The van der Waals surface area contributed by atoms with Gasteiger partial charge in [0, 0.05) is 44.3 Å². The number of nitrogens with zero attached hydrogens (tertiary/aromatic N) is 2. The first-order chi connectivity index (χ1) is 9.94. The number of aliphatic hydroxyl groups is 1. The Balaban J connectivity index is 1.72. The zero-order valence-corrected chi connectivity index (χ0v) is 13.5. The maximum absolute atomic E-state index is 11.8. The standard InChI is InChI=1S/C14H26N2O4S/c1-21(18,19)16-9-12-8-15(13-2-6-20-7-3-13)5-4-14(12,10-16)11-17/h12-13,17H,2-11H2,1H3/t12-,14+/m1/s1. The van der Waals surface area contributed by atoms with Crippen molar-refractivity contribution in [2.24, 2.45) is 11.3 Å². The number of sulfonamides is 1. The molecule has 2 atom stereocenters. The number of rotatable bonds is 3. The lowest BCUT2D eigenvalue weighted by Gasteiger charge is -2.46. The van der Waals surface area contributed by atoms with E-state index in [1.165, 1.54) is 6.26 Å². The van der Waals surface area contributed by atoms with Crippen molar-refractivity contribution in [2.45, 2.75) is 25.3 Å². The summed E-state index contributed by atoms with van der Waals surface area (Å²) < 4.78 is 30.6. The fraction of sp³-hybridized carbons (Fsp3) is 1.00. The SMILES string of the molecule is CS(=O)(=O)N1C[C@H]2CN(C3CCOCC3)CC[C@@]2(CO)C1. The summed E-state index contributed by atoms with van der Waals surface area (Å²) in [5.74, 6) is 0.244. The van der Waals surface area contributed by atoms with Gasteiger partial charge in [0.25, 0.3) is 0 Å². The molecule has 0 aromatic rings. The van der Waals surface area contributed by atoms with Crippen molar-refractivity contribution in [1.82, 2.24) is 9.21 Å². The van der Waals surface area contributed by atoms with E-state index >= 15 is 0 Å². The second kappa shape index (κ2) is 5.77. The summed E-state index contributed by atoms with van der Waals surface area (Å²) in [6.45, 7) is 4.63. The van der Waals surface area contributed by atoms with E-state index in [1.54, 1.807) is 4.31 Å². The van der Waals surface area contributed by atoms with Crippen molar-refractivity contribution >= 4 is 10.0 Å². The van der Waals surface area contributed by atoms with Crippen LogP contribution in [0.1, 0.15) is 19.3 Å². The Bertz CT molecular complexity index is 477. The summed E-state index contributed by atoms with van der Waals surface area (Å²) in [7, 11) is -3.17. The monoisotopic (exact) mass is 318 g/mol. The van der Waals surface area contributed by atoms with E-state index in [-0.39, 0.29) is 17.9 Å². The van der Waals surface area contributed by atoms with Crippen LogP contribution in [-0.2, 0) is 14.8 Å². The van der Waals surface area contributed by atoms with E-state index in [0.29, 0.717) is 19.1 Å². The Labute approximate surface area is 127 Å². The summed E-state index contributed by atoms with van der Waals surface area (Å²) in [6, 6.07) is 0.558. The number of likely N-dealkylation sites (tertiary alicyclic amines) is 1. The van der Waals surface area contributed by atoms with Gasteiger partial charge in [0.15, 0.2) is 0 Å². The Kier molecular flexibility index (Phi) is 4.31. The minimum atomic E-state index is -3.17. The van der Waals surface area contributed by atoms with Crippen molar-refractivity contribution in [2.75, 3.05) is 52.3 Å². The van der Waals surface area contributed by atoms with E-state index < -0.39 is 10.0 Å². The third-order valence-electron chi connectivity index (χ3n) is 5.62. The molecule has 3 rings (SSSR count). The topological polar surface area (TPSA) is 70.1 Å². The average molecular weight is 318 g/mol. The van der Waals surface area contributed by atoms with Crippen LogP contribution < -0.4 is 0 Å². The second-order valence-corrected chi connectivity index (χ2v) is 8.84. The Morgan fingerprint density at radius 3 is 2.62 bits per heavy atom. The fourth-order valence-electron chi connectivity index (χ4n) is 4.15. The normalized spacial score (nSPS) is 36.8. The van der Waals surface area contributed by atoms with Crippen molar-refractivity contribution in [3.05, 3.63) is 0 Å². The Morgan fingerprint density at radius 1 is 1.29 bits per heavy atom. The molecule has 122 valence electrons. The number of fused-ring (bicyclic) bond motifs is 1. The summed E-state index contributed by atoms with van der Waals surface area (Å²) >= 11 is 0. The molecule has 3 heterocycles. The molecule has 0 saturated carbocycles. The van der Waals surface area contributed by atoms with Gasteiger partial charge in [0.2, 0.25) is 10.0 Å². The van der Waals surface area contributed by atoms with Crippen LogP contribution in [0.15, 0.2) is 0 Å². The van der Waals surface area contributed by atoms with Gasteiger partial charge in [0.1, 0.15) is 0 Å². The molecule has 0 spiro atoms. The largest absolute Gasteiger partial charge is 0.396 e. The lowest BCUT2D eigenvalue weighted by molar-refractivity contribution is -0.0261. The van der Waals surface area contributed by atoms with Gasteiger partial charge in [-0.1, -0.05) is 0 Å². The van der Waals surface area contributed by atoms with Crippen LogP contribution in [0, 0.1) is 11.3 Å². The highest BCUT2D eigenvalue weighted by Crippen LogP contribution is 2.44. The molecule has 21 heavy (non-hydrogen) atoms. The molecule has 3 aliphatic heterocycles. The molecule has 7 heteroatoms. The number of ether oxygens (including phenoxy) is 1. The van der Waals surface area contributed by atoms with Gasteiger partial charge in [-0.2, -0.15) is 0 Å². The van der Waals surface area contributed by atoms with E-state index in [4.69, 9.17) is 4.74 Å². The van der Waals surface area contributed by atoms with E-state index in [1.807, 2.05) is 0 Å². The molecule has 1 N–H and O–H groups in total. The first-order valence-electron chi connectivity index (χ1n) is 7.82. The molecule has 0 aliphatic carbocycles. The number of piperidine rings is 1. The van der Waals surface area contributed by atoms with Crippen molar-refractivity contribution in [1.29, 1.82) is 0 Å². The third-order valence-corrected chi connectivity index (χ3v) is 6.84. The zero-order valence-electron chi connectivity index (χ0n) is 12.7. The Morgan fingerprint density at radius 2 is 2.00 bits per heavy atom. The summed E-state index contributed by atoms with van der Waals surface area (Å²) in [6.07, 6.45) is 4.28. The third kappa shape index (κ3) is 2.99. The quantitative estimate of drug-likeness (QED) is 0.776. The van der Waals surface area contributed by atoms with Gasteiger partial charge in [-0.15, -0.1) is 0 Å². The van der Waals surface area contributed by atoms with Crippen LogP contribution in [0.5, 0.6) is 0 Å². The van der Waals surface area contributed by atoms with Crippen LogP contribution in [-0.4, -0.2) is 81.0 Å². The molecule has 0 aromatic heterocycles. The first-order valence-corrected chi connectivity index (χ1v) is 9.67. The maximum atomic E-state index is 11.8.